The largest absolute Gasteiger partial charge is 0.398 e. The fraction of sp³-hybridized carbons (Fsp3) is 0.500. The highest BCUT2D eigenvalue weighted by molar-refractivity contribution is 5.65. The number of benzene rings is 1. The average Bonchev–Trinajstić information content (AvgIpc) is 2.81. The van der Waals surface area contributed by atoms with Crippen LogP contribution in [0.15, 0.2) is 12.1 Å². The summed E-state index contributed by atoms with van der Waals surface area (Å²) in [7, 11) is 0. The lowest BCUT2D eigenvalue weighted by molar-refractivity contribution is 0.121. The van der Waals surface area contributed by atoms with Gasteiger partial charge in [-0.15, -0.1) is 0 Å². The minimum atomic E-state index is 0.652. The van der Waals surface area contributed by atoms with Gasteiger partial charge in [0.15, 0.2) is 0 Å². The van der Waals surface area contributed by atoms with Crippen molar-refractivity contribution in [3.8, 4) is 0 Å². The molecule has 0 amide bonds. The highest BCUT2D eigenvalue weighted by atomic mass is 16.5. The summed E-state index contributed by atoms with van der Waals surface area (Å²) in [5, 5.41) is 0. The molecule has 0 aliphatic carbocycles. The van der Waals surface area contributed by atoms with Gasteiger partial charge in [0.05, 0.1) is 26.4 Å². The Balaban J connectivity index is 1.98. The van der Waals surface area contributed by atoms with Crippen LogP contribution in [0.3, 0.4) is 0 Å². The quantitative estimate of drug-likeness (QED) is 0.721. The second-order valence-electron chi connectivity index (χ2n) is 4.22. The van der Waals surface area contributed by atoms with E-state index >= 15 is 0 Å². The van der Waals surface area contributed by atoms with Crippen molar-refractivity contribution in [3.63, 3.8) is 0 Å². The molecular weight excluding hydrogens is 204 g/mol. The van der Waals surface area contributed by atoms with Crippen molar-refractivity contribution in [2.45, 2.75) is 13.2 Å². The van der Waals surface area contributed by atoms with Crippen molar-refractivity contribution in [3.05, 3.63) is 23.3 Å². The van der Waals surface area contributed by atoms with Crippen molar-refractivity contribution in [1.29, 1.82) is 0 Å². The molecule has 2 aliphatic heterocycles. The van der Waals surface area contributed by atoms with Gasteiger partial charge in [-0.3, -0.25) is 0 Å². The van der Waals surface area contributed by atoms with Gasteiger partial charge in [-0.2, -0.15) is 0 Å². The number of ether oxygens (including phenoxy) is 2. The molecule has 0 aromatic heterocycles. The molecule has 86 valence electrons. The number of nitrogens with two attached hydrogens (primary N) is 1. The molecule has 4 heteroatoms. The standard InChI is InChI=1S/C12H16N2O2/c13-11-1-2-12(10-8-16-7-9(10)11)14-3-5-15-6-4-14/h1-2H,3-8,13H2. The number of rotatable bonds is 1. The second-order valence-corrected chi connectivity index (χ2v) is 4.22. The summed E-state index contributed by atoms with van der Waals surface area (Å²) >= 11 is 0. The molecule has 0 radical (unpaired) electrons. The van der Waals surface area contributed by atoms with E-state index in [2.05, 4.69) is 11.0 Å². The van der Waals surface area contributed by atoms with Crippen LogP contribution in [-0.2, 0) is 22.7 Å². The molecule has 2 heterocycles. The summed E-state index contributed by atoms with van der Waals surface area (Å²) in [5.41, 5.74) is 10.5. The van der Waals surface area contributed by atoms with Crippen molar-refractivity contribution in [1.82, 2.24) is 0 Å². The Hall–Kier alpha value is -1.26. The molecule has 2 aliphatic rings. The van der Waals surface area contributed by atoms with Gasteiger partial charge in [-0.25, -0.2) is 0 Å². The lowest BCUT2D eigenvalue weighted by Crippen LogP contribution is -2.36. The molecule has 3 rings (SSSR count). The second kappa shape index (κ2) is 3.96. The lowest BCUT2D eigenvalue weighted by Gasteiger charge is -2.30. The molecule has 16 heavy (non-hydrogen) atoms. The van der Waals surface area contributed by atoms with Crippen LogP contribution in [0.5, 0.6) is 0 Å². The fourth-order valence-corrected chi connectivity index (χ4v) is 2.39. The van der Waals surface area contributed by atoms with Crippen molar-refractivity contribution in [2.75, 3.05) is 36.9 Å². The third-order valence-corrected chi connectivity index (χ3v) is 3.29. The van der Waals surface area contributed by atoms with E-state index in [1.54, 1.807) is 0 Å². The van der Waals surface area contributed by atoms with Crippen LogP contribution in [0.2, 0.25) is 0 Å². The zero-order valence-electron chi connectivity index (χ0n) is 9.24. The minimum Gasteiger partial charge on any atom is -0.398 e. The molecule has 2 N–H and O–H groups in total. The van der Waals surface area contributed by atoms with Crippen molar-refractivity contribution >= 4 is 11.4 Å². The Morgan fingerprint density at radius 3 is 2.56 bits per heavy atom. The van der Waals surface area contributed by atoms with E-state index < -0.39 is 0 Å². The number of anilines is 2. The summed E-state index contributed by atoms with van der Waals surface area (Å²) in [6.45, 7) is 4.86. The molecule has 4 nitrogen and oxygen atoms in total. The maximum Gasteiger partial charge on any atom is 0.0746 e. The number of fused-ring (bicyclic) bond motifs is 1. The third kappa shape index (κ3) is 1.54. The Morgan fingerprint density at radius 1 is 1.00 bits per heavy atom. The summed E-state index contributed by atoms with van der Waals surface area (Å²) in [4.78, 5) is 2.36. The van der Waals surface area contributed by atoms with Crippen LogP contribution in [0.4, 0.5) is 11.4 Å². The van der Waals surface area contributed by atoms with E-state index in [9.17, 15) is 0 Å². The zero-order valence-corrected chi connectivity index (χ0v) is 9.24. The summed E-state index contributed by atoms with van der Waals surface area (Å²) < 4.78 is 10.9. The first kappa shape index (κ1) is 9.93. The number of nitrogen functional groups attached to an aromatic ring is 1. The Bertz CT molecular complexity index is 400. The molecule has 1 aromatic carbocycles. The van der Waals surface area contributed by atoms with E-state index in [0.29, 0.717) is 13.2 Å². The van der Waals surface area contributed by atoms with Gasteiger partial charge in [0, 0.05) is 35.6 Å². The molecule has 0 spiro atoms. The van der Waals surface area contributed by atoms with Gasteiger partial charge in [-0.05, 0) is 12.1 Å². The van der Waals surface area contributed by atoms with Crippen LogP contribution < -0.4 is 10.6 Å². The normalized spacial score (nSPS) is 19.9. The molecule has 1 saturated heterocycles. The zero-order chi connectivity index (χ0) is 11.0. The molecule has 0 saturated carbocycles. The molecular formula is C12H16N2O2. The Morgan fingerprint density at radius 2 is 1.75 bits per heavy atom. The topological polar surface area (TPSA) is 47.7 Å². The van der Waals surface area contributed by atoms with Gasteiger partial charge in [0.25, 0.3) is 0 Å². The van der Waals surface area contributed by atoms with Crippen LogP contribution in [0.25, 0.3) is 0 Å². The first-order valence-electron chi connectivity index (χ1n) is 5.67. The first-order valence-corrected chi connectivity index (χ1v) is 5.67. The van der Waals surface area contributed by atoms with E-state index in [0.717, 1.165) is 32.0 Å². The third-order valence-electron chi connectivity index (χ3n) is 3.29. The maximum absolute atomic E-state index is 5.95. The van der Waals surface area contributed by atoms with Gasteiger partial charge in [0.2, 0.25) is 0 Å². The SMILES string of the molecule is Nc1ccc(N2CCOCC2)c2c1COC2. The summed E-state index contributed by atoms with van der Waals surface area (Å²) in [6, 6.07) is 4.09. The average molecular weight is 220 g/mol. The number of morpholine rings is 1. The highest BCUT2D eigenvalue weighted by Gasteiger charge is 2.22. The Kier molecular flexibility index (Phi) is 2.46. The highest BCUT2D eigenvalue weighted by Crippen LogP contribution is 2.34. The van der Waals surface area contributed by atoms with E-state index in [1.807, 2.05) is 6.07 Å². The molecule has 1 fully saturated rings. The monoisotopic (exact) mass is 220 g/mol. The van der Waals surface area contributed by atoms with Crippen LogP contribution in [-0.4, -0.2) is 26.3 Å². The van der Waals surface area contributed by atoms with Gasteiger partial charge in [0.1, 0.15) is 0 Å². The maximum atomic E-state index is 5.95. The summed E-state index contributed by atoms with van der Waals surface area (Å²) in [5.74, 6) is 0. The number of nitrogens with zero attached hydrogens (tertiary/aromatic N) is 1. The van der Waals surface area contributed by atoms with Gasteiger partial charge < -0.3 is 20.1 Å². The Labute approximate surface area is 94.9 Å². The lowest BCUT2D eigenvalue weighted by atomic mass is 10.0. The predicted molar refractivity (Wildman–Crippen MR) is 62.4 cm³/mol. The molecule has 0 atom stereocenters. The van der Waals surface area contributed by atoms with Gasteiger partial charge in [-0.1, -0.05) is 0 Å². The molecule has 0 unspecified atom stereocenters. The van der Waals surface area contributed by atoms with Crippen LogP contribution in [0, 0.1) is 0 Å². The molecule has 0 bridgehead atoms. The van der Waals surface area contributed by atoms with Crippen LogP contribution in [0.1, 0.15) is 11.1 Å². The fourth-order valence-electron chi connectivity index (χ4n) is 2.39. The summed E-state index contributed by atoms with van der Waals surface area (Å²) in [6.07, 6.45) is 0. The first-order chi connectivity index (χ1) is 7.86. The van der Waals surface area contributed by atoms with Gasteiger partial charge >= 0.3 is 0 Å². The van der Waals surface area contributed by atoms with Crippen molar-refractivity contribution in [2.24, 2.45) is 0 Å². The molecule has 1 aromatic rings. The smallest absolute Gasteiger partial charge is 0.0746 e. The van der Waals surface area contributed by atoms with E-state index in [1.165, 1.54) is 16.8 Å². The van der Waals surface area contributed by atoms with Crippen molar-refractivity contribution < 1.29 is 9.47 Å². The number of hydrogen-bond acceptors (Lipinski definition) is 4. The van der Waals surface area contributed by atoms with E-state index in [4.69, 9.17) is 15.2 Å². The predicted octanol–water partition coefficient (Wildman–Crippen LogP) is 1.14. The van der Waals surface area contributed by atoms with Crippen LogP contribution >= 0.6 is 0 Å². The van der Waals surface area contributed by atoms with E-state index in [-0.39, 0.29) is 0 Å². The number of hydrogen-bond donors (Lipinski definition) is 1. The minimum absolute atomic E-state index is 0.652.